The quantitative estimate of drug-likeness (QED) is 0.785. The number of aromatic nitrogens is 1. The van der Waals surface area contributed by atoms with Crippen LogP contribution in [0, 0.1) is 5.41 Å². The summed E-state index contributed by atoms with van der Waals surface area (Å²) in [7, 11) is 0. The van der Waals surface area contributed by atoms with E-state index in [1.807, 2.05) is 40.0 Å². The van der Waals surface area contributed by atoms with Crippen molar-refractivity contribution in [2.45, 2.75) is 41.0 Å². The number of rotatable bonds is 3. The van der Waals surface area contributed by atoms with E-state index in [1.54, 1.807) is 6.20 Å². The summed E-state index contributed by atoms with van der Waals surface area (Å²) < 4.78 is 0. The van der Waals surface area contributed by atoms with Gasteiger partial charge in [0.15, 0.2) is 0 Å². The molecular weight excluding hydrogens is 210 g/mol. The Morgan fingerprint density at radius 1 is 1.29 bits per heavy atom. The van der Waals surface area contributed by atoms with Crippen LogP contribution in [0.5, 0.6) is 0 Å². The van der Waals surface area contributed by atoms with E-state index in [1.165, 1.54) is 12.4 Å². The molecule has 1 aromatic rings. The van der Waals surface area contributed by atoms with E-state index in [4.69, 9.17) is 11.1 Å². The minimum Gasteiger partial charge on any atom is -0.404 e. The maximum Gasteiger partial charge on any atom is 0.0347 e. The second kappa shape index (κ2) is 12.4. The molecule has 0 aliphatic rings. The summed E-state index contributed by atoms with van der Waals surface area (Å²) in [5.74, 6) is 0. The lowest BCUT2D eigenvalue weighted by Crippen LogP contribution is -1.93. The largest absolute Gasteiger partial charge is 0.404 e. The van der Waals surface area contributed by atoms with Crippen LogP contribution in [-0.4, -0.2) is 11.2 Å². The zero-order valence-corrected chi connectivity index (χ0v) is 11.6. The summed E-state index contributed by atoms with van der Waals surface area (Å²) in [4.78, 5) is 4.07. The number of nitrogens with one attached hydrogen (secondary N) is 1. The summed E-state index contributed by atoms with van der Waals surface area (Å²) in [5.41, 5.74) is 8.11. The molecule has 0 saturated heterocycles. The lowest BCUT2D eigenvalue weighted by atomic mass is 10.1. The molecule has 0 aliphatic carbocycles. The Morgan fingerprint density at radius 2 is 1.88 bits per heavy atom. The van der Waals surface area contributed by atoms with Gasteiger partial charge in [0.1, 0.15) is 0 Å². The topological polar surface area (TPSA) is 62.8 Å². The Morgan fingerprint density at radius 3 is 2.29 bits per heavy atom. The minimum atomic E-state index is 0.697. The van der Waals surface area contributed by atoms with Crippen molar-refractivity contribution in [2.75, 3.05) is 0 Å². The van der Waals surface area contributed by atoms with Crippen molar-refractivity contribution in [3.8, 4) is 0 Å². The zero-order valence-electron chi connectivity index (χ0n) is 11.6. The number of hydrogen-bond donors (Lipinski definition) is 2. The fourth-order valence-corrected chi connectivity index (χ4v) is 1.07. The highest BCUT2D eigenvalue weighted by atomic mass is 14.6. The summed E-state index contributed by atoms with van der Waals surface area (Å²) in [5, 5.41) is 7.12. The second-order valence-electron chi connectivity index (χ2n) is 2.70. The smallest absolute Gasteiger partial charge is 0.0347 e. The Hall–Kier alpha value is -1.64. The molecule has 3 heteroatoms. The molecule has 0 unspecified atom stereocenters. The molecule has 96 valence electrons. The van der Waals surface area contributed by atoms with Crippen molar-refractivity contribution < 1.29 is 0 Å². The third-order valence-corrected chi connectivity index (χ3v) is 1.87. The van der Waals surface area contributed by atoms with Gasteiger partial charge in [-0.3, -0.25) is 4.98 Å². The summed E-state index contributed by atoms with van der Waals surface area (Å²) >= 11 is 0. The molecule has 0 spiro atoms. The first-order valence-corrected chi connectivity index (χ1v) is 6.18. The van der Waals surface area contributed by atoms with Gasteiger partial charge in [-0.2, -0.15) is 0 Å². The van der Waals surface area contributed by atoms with Gasteiger partial charge >= 0.3 is 0 Å². The van der Waals surface area contributed by atoms with Gasteiger partial charge in [0, 0.05) is 35.9 Å². The number of aryl methyl sites for hydroxylation is 1. The van der Waals surface area contributed by atoms with Crippen molar-refractivity contribution in [3.63, 3.8) is 0 Å². The lowest BCUT2D eigenvalue weighted by molar-refractivity contribution is 1.10. The SMILES string of the molecule is CC.CC.CCc1cncc(/C(C=N)=C/N)c1. The van der Waals surface area contributed by atoms with Gasteiger partial charge in [-0.05, 0) is 18.1 Å². The predicted molar refractivity (Wildman–Crippen MR) is 77.3 cm³/mol. The molecule has 1 heterocycles. The van der Waals surface area contributed by atoms with Crippen LogP contribution in [0.4, 0.5) is 0 Å². The third kappa shape index (κ3) is 6.51. The number of pyridine rings is 1. The van der Waals surface area contributed by atoms with Crippen molar-refractivity contribution >= 4 is 11.8 Å². The molecule has 1 aromatic heterocycles. The summed E-state index contributed by atoms with van der Waals surface area (Å²) in [6, 6.07) is 2.00. The predicted octanol–water partition coefficient (Wildman–Crippen LogP) is 3.65. The normalized spacial score (nSPS) is 9.35. The van der Waals surface area contributed by atoms with Crippen LogP contribution >= 0.6 is 0 Å². The molecule has 0 aliphatic heterocycles. The van der Waals surface area contributed by atoms with Gasteiger partial charge in [-0.1, -0.05) is 34.6 Å². The van der Waals surface area contributed by atoms with Gasteiger partial charge in [-0.15, -0.1) is 0 Å². The highest BCUT2D eigenvalue weighted by Gasteiger charge is 1.98. The molecule has 0 bridgehead atoms. The van der Waals surface area contributed by atoms with E-state index >= 15 is 0 Å². The van der Waals surface area contributed by atoms with Crippen molar-refractivity contribution in [1.29, 1.82) is 5.41 Å². The molecule has 0 amide bonds. The van der Waals surface area contributed by atoms with Crippen molar-refractivity contribution in [1.82, 2.24) is 4.98 Å². The molecule has 1 rings (SSSR count). The highest BCUT2D eigenvalue weighted by Crippen LogP contribution is 2.11. The average molecular weight is 235 g/mol. The van der Waals surface area contributed by atoms with Gasteiger partial charge in [-0.25, -0.2) is 0 Å². The second-order valence-corrected chi connectivity index (χ2v) is 2.70. The Labute approximate surface area is 105 Å². The molecule has 0 aromatic carbocycles. The van der Waals surface area contributed by atoms with Crippen LogP contribution < -0.4 is 5.73 Å². The molecule has 3 N–H and O–H groups in total. The number of hydrogen-bond acceptors (Lipinski definition) is 3. The molecule has 0 radical (unpaired) electrons. The van der Waals surface area contributed by atoms with E-state index in [0.29, 0.717) is 5.57 Å². The van der Waals surface area contributed by atoms with Crippen LogP contribution in [0.15, 0.2) is 24.7 Å². The minimum absolute atomic E-state index is 0.697. The van der Waals surface area contributed by atoms with Crippen molar-refractivity contribution in [2.24, 2.45) is 5.73 Å². The van der Waals surface area contributed by atoms with E-state index in [0.717, 1.165) is 17.5 Å². The highest BCUT2D eigenvalue weighted by molar-refractivity contribution is 6.07. The van der Waals surface area contributed by atoms with Gasteiger partial charge < -0.3 is 11.1 Å². The van der Waals surface area contributed by atoms with Crippen LogP contribution in [0.3, 0.4) is 0 Å². The average Bonchev–Trinajstić information content (AvgIpc) is 2.45. The first kappa shape index (κ1) is 17.7. The van der Waals surface area contributed by atoms with Crippen molar-refractivity contribution in [3.05, 3.63) is 35.8 Å². The Bertz CT molecular complexity index is 330. The first-order valence-electron chi connectivity index (χ1n) is 6.18. The fourth-order valence-electron chi connectivity index (χ4n) is 1.07. The number of nitrogens with two attached hydrogens (primary N) is 1. The van der Waals surface area contributed by atoms with Crippen LogP contribution in [0.2, 0.25) is 0 Å². The first-order chi connectivity index (χ1) is 8.31. The molecule has 0 atom stereocenters. The van der Waals surface area contributed by atoms with Gasteiger partial charge in [0.05, 0.1) is 0 Å². The maximum absolute atomic E-state index is 7.12. The van der Waals surface area contributed by atoms with Gasteiger partial charge in [0.2, 0.25) is 0 Å². The van der Waals surface area contributed by atoms with Gasteiger partial charge in [0.25, 0.3) is 0 Å². The maximum atomic E-state index is 7.12. The molecule has 3 nitrogen and oxygen atoms in total. The van der Waals surface area contributed by atoms with E-state index in [9.17, 15) is 0 Å². The number of allylic oxidation sites excluding steroid dienone is 1. The zero-order chi connectivity index (χ0) is 13.7. The number of nitrogens with zero attached hydrogens (tertiary/aromatic N) is 1. The summed E-state index contributed by atoms with van der Waals surface area (Å²) in [6.07, 6.45) is 7.13. The Kier molecular flexibility index (Phi) is 13.0. The van der Waals surface area contributed by atoms with Crippen LogP contribution in [0.25, 0.3) is 5.57 Å². The fraction of sp³-hybridized carbons (Fsp3) is 0.429. The summed E-state index contributed by atoms with van der Waals surface area (Å²) in [6.45, 7) is 10.1. The van der Waals surface area contributed by atoms with E-state index in [2.05, 4.69) is 11.9 Å². The standard InChI is InChI=1S/C10H13N3.2C2H6/c1-2-8-3-9(7-13-6-8)10(4-11)5-12;2*1-2/h3-7,11H,2,12H2,1H3;2*1-2H3/b10-5+,11-4?;;. The molecule has 17 heavy (non-hydrogen) atoms. The lowest BCUT2D eigenvalue weighted by Gasteiger charge is -2.01. The monoisotopic (exact) mass is 235 g/mol. The third-order valence-electron chi connectivity index (χ3n) is 1.87. The van der Waals surface area contributed by atoms with Crippen LogP contribution in [0.1, 0.15) is 45.7 Å². The van der Waals surface area contributed by atoms with E-state index < -0.39 is 0 Å². The molecule has 0 fully saturated rings. The molecular formula is C14H25N3. The van der Waals surface area contributed by atoms with Crippen LogP contribution in [-0.2, 0) is 6.42 Å². The van der Waals surface area contributed by atoms with E-state index in [-0.39, 0.29) is 0 Å². The molecule has 0 saturated carbocycles. The Balaban J connectivity index is 0.